The molecule has 2 N–H and O–H groups in total. The molecule has 2 aromatic rings. The fraction of sp³-hybridized carbons (Fsp3) is 0.391. The minimum Gasteiger partial charge on any atom is -0.489 e. The van der Waals surface area contributed by atoms with Crippen LogP contribution in [0.4, 0.5) is 15.3 Å². The summed E-state index contributed by atoms with van der Waals surface area (Å²) in [5, 5.41) is 17.8. The van der Waals surface area contributed by atoms with Crippen LogP contribution < -0.4 is 9.64 Å². The third kappa shape index (κ3) is 7.56. The molecule has 0 aromatic heterocycles. The van der Waals surface area contributed by atoms with E-state index in [0.717, 1.165) is 10.5 Å². The van der Waals surface area contributed by atoms with Gasteiger partial charge in [-0.15, -0.1) is 23.5 Å². The number of nitrogens with zero attached hydrogens (tertiary/aromatic N) is 2. The van der Waals surface area contributed by atoms with E-state index >= 15 is 0 Å². The number of hydrogen-bond acceptors (Lipinski definition) is 5. The average molecular weight is 479 g/mol. The molecule has 0 spiro atoms. The van der Waals surface area contributed by atoms with Crippen LogP contribution in [0.1, 0.15) is 29.6 Å². The number of carboxylic acid groups (broad SMARTS) is 2. The van der Waals surface area contributed by atoms with Gasteiger partial charge < -0.3 is 19.8 Å². The van der Waals surface area contributed by atoms with E-state index in [1.807, 2.05) is 61.6 Å². The van der Waals surface area contributed by atoms with Crippen molar-refractivity contribution in [3.05, 3.63) is 59.7 Å². The maximum atomic E-state index is 10.9. The van der Waals surface area contributed by atoms with Gasteiger partial charge in [-0.2, -0.15) is 0 Å². The van der Waals surface area contributed by atoms with E-state index in [4.69, 9.17) is 14.9 Å². The van der Waals surface area contributed by atoms with Gasteiger partial charge in [-0.05, 0) is 37.1 Å². The standard InChI is InChI=1S/C12H15NO2S2.C11H15NO3/c1-13(12(14)15)8-9-4-2-3-5-10(9)11-16-6-7-17-11;1-8(2)15-10-7-5-4-6-9(10)12(3)11(13)14/h2-5,11H,6-8H2,1H3,(H,14,15);4-8H,1-3H3,(H,13,14). The zero-order valence-electron chi connectivity index (χ0n) is 18.7. The van der Waals surface area contributed by atoms with E-state index < -0.39 is 12.2 Å². The maximum Gasteiger partial charge on any atom is 0.411 e. The number of para-hydroxylation sites is 2. The van der Waals surface area contributed by atoms with Gasteiger partial charge in [-0.3, -0.25) is 4.90 Å². The summed E-state index contributed by atoms with van der Waals surface area (Å²) in [5.41, 5.74) is 2.94. The van der Waals surface area contributed by atoms with E-state index in [0.29, 0.717) is 22.6 Å². The number of thioether (sulfide) groups is 2. The number of anilines is 1. The van der Waals surface area contributed by atoms with Gasteiger partial charge in [0, 0.05) is 32.1 Å². The van der Waals surface area contributed by atoms with Gasteiger partial charge in [0.25, 0.3) is 0 Å². The lowest BCUT2D eigenvalue weighted by Crippen LogP contribution is -2.24. The quantitative estimate of drug-likeness (QED) is 0.537. The minimum atomic E-state index is -1.00. The molecule has 2 aromatic carbocycles. The SMILES string of the molecule is CC(C)Oc1ccccc1N(C)C(=O)O.CN(Cc1ccccc1C1SCCS1)C(=O)O. The molecule has 0 saturated carbocycles. The Morgan fingerprint density at radius 1 is 1.00 bits per heavy atom. The molecule has 0 unspecified atom stereocenters. The first-order valence-corrected chi connectivity index (χ1v) is 12.3. The van der Waals surface area contributed by atoms with Crippen molar-refractivity contribution in [2.75, 3.05) is 30.5 Å². The van der Waals surface area contributed by atoms with E-state index in [-0.39, 0.29) is 6.10 Å². The van der Waals surface area contributed by atoms with Crippen LogP contribution in [0.5, 0.6) is 5.75 Å². The van der Waals surface area contributed by atoms with Gasteiger partial charge in [0.15, 0.2) is 0 Å². The summed E-state index contributed by atoms with van der Waals surface area (Å²) in [6, 6.07) is 15.2. The molecular weight excluding hydrogens is 448 g/mol. The van der Waals surface area contributed by atoms with Crippen molar-refractivity contribution in [1.29, 1.82) is 0 Å². The number of rotatable bonds is 6. The van der Waals surface area contributed by atoms with Crippen LogP contribution in [-0.2, 0) is 6.54 Å². The normalized spacial score (nSPS) is 13.3. The summed E-state index contributed by atoms with van der Waals surface area (Å²) in [6.45, 7) is 4.26. The second kappa shape index (κ2) is 12.5. The Balaban J connectivity index is 0.000000229. The van der Waals surface area contributed by atoms with Gasteiger partial charge in [-0.1, -0.05) is 36.4 Å². The van der Waals surface area contributed by atoms with Crippen LogP contribution in [0.2, 0.25) is 0 Å². The molecule has 0 bridgehead atoms. The highest BCUT2D eigenvalue weighted by Gasteiger charge is 2.21. The molecule has 1 aliphatic heterocycles. The van der Waals surface area contributed by atoms with Gasteiger partial charge in [-0.25, -0.2) is 9.59 Å². The first-order valence-electron chi connectivity index (χ1n) is 10.2. The van der Waals surface area contributed by atoms with E-state index in [1.165, 1.54) is 29.0 Å². The minimum absolute atomic E-state index is 0.0216. The zero-order valence-corrected chi connectivity index (χ0v) is 20.4. The lowest BCUT2D eigenvalue weighted by Gasteiger charge is -2.19. The summed E-state index contributed by atoms with van der Waals surface area (Å²) in [5.74, 6) is 2.94. The number of carbonyl (C=O) groups is 2. The molecule has 9 heteroatoms. The first kappa shape index (κ1) is 25.7. The Morgan fingerprint density at radius 2 is 1.59 bits per heavy atom. The third-order valence-corrected chi connectivity index (χ3v) is 7.61. The number of hydrogen-bond donors (Lipinski definition) is 2. The summed E-state index contributed by atoms with van der Waals surface area (Å²) >= 11 is 3.88. The van der Waals surface area contributed by atoms with E-state index in [2.05, 4.69) is 6.07 Å². The van der Waals surface area contributed by atoms with Crippen molar-refractivity contribution in [1.82, 2.24) is 4.90 Å². The number of ether oxygens (including phenoxy) is 1. The predicted octanol–water partition coefficient (Wildman–Crippen LogP) is 5.86. The Bertz CT molecular complexity index is 903. The predicted molar refractivity (Wildman–Crippen MR) is 132 cm³/mol. The molecule has 7 nitrogen and oxygen atoms in total. The third-order valence-electron chi connectivity index (χ3n) is 4.54. The largest absolute Gasteiger partial charge is 0.489 e. The smallest absolute Gasteiger partial charge is 0.411 e. The van der Waals surface area contributed by atoms with Crippen molar-refractivity contribution >= 4 is 41.4 Å². The first-order chi connectivity index (χ1) is 15.2. The molecule has 1 saturated heterocycles. The van der Waals surface area contributed by atoms with Crippen molar-refractivity contribution < 1.29 is 24.5 Å². The van der Waals surface area contributed by atoms with Crippen LogP contribution in [0.15, 0.2) is 48.5 Å². The van der Waals surface area contributed by atoms with Gasteiger partial charge >= 0.3 is 12.2 Å². The van der Waals surface area contributed by atoms with Crippen LogP contribution in [0.25, 0.3) is 0 Å². The average Bonchev–Trinajstić information content (AvgIpc) is 3.28. The Morgan fingerprint density at radius 3 is 2.19 bits per heavy atom. The highest BCUT2D eigenvalue weighted by atomic mass is 32.2. The van der Waals surface area contributed by atoms with Crippen LogP contribution in [0.3, 0.4) is 0 Å². The summed E-state index contributed by atoms with van der Waals surface area (Å²) in [7, 11) is 3.10. The van der Waals surface area contributed by atoms with Crippen molar-refractivity contribution in [2.45, 2.75) is 31.1 Å². The lowest BCUT2D eigenvalue weighted by molar-refractivity contribution is 0.153. The second-order valence-electron chi connectivity index (χ2n) is 7.39. The van der Waals surface area contributed by atoms with Crippen LogP contribution in [0, 0.1) is 0 Å². The molecule has 3 rings (SSSR count). The fourth-order valence-electron chi connectivity index (χ4n) is 2.96. The van der Waals surface area contributed by atoms with Gasteiger partial charge in [0.1, 0.15) is 5.75 Å². The Kier molecular flexibility index (Phi) is 10.1. The summed E-state index contributed by atoms with van der Waals surface area (Å²) in [6.07, 6.45) is -1.87. The van der Waals surface area contributed by atoms with Crippen LogP contribution in [-0.4, -0.2) is 59.0 Å². The number of amides is 2. The second-order valence-corrected chi connectivity index (χ2v) is 10.1. The molecular formula is C23H30N2O5S2. The fourth-order valence-corrected chi connectivity index (χ4v) is 5.94. The topological polar surface area (TPSA) is 90.3 Å². The molecule has 0 atom stereocenters. The number of benzene rings is 2. The Labute approximate surface area is 197 Å². The molecule has 2 amide bonds. The monoisotopic (exact) mass is 478 g/mol. The van der Waals surface area contributed by atoms with Crippen molar-refractivity contribution in [2.24, 2.45) is 0 Å². The van der Waals surface area contributed by atoms with Crippen molar-refractivity contribution in [3.8, 4) is 5.75 Å². The molecule has 174 valence electrons. The van der Waals surface area contributed by atoms with E-state index in [9.17, 15) is 9.59 Å². The Hall–Kier alpha value is -2.52. The molecule has 1 aliphatic rings. The molecule has 1 fully saturated rings. The highest BCUT2D eigenvalue weighted by molar-refractivity contribution is 8.19. The zero-order chi connectivity index (χ0) is 23.7. The van der Waals surface area contributed by atoms with E-state index in [1.54, 1.807) is 25.2 Å². The highest BCUT2D eigenvalue weighted by Crippen LogP contribution is 2.46. The maximum absolute atomic E-state index is 10.9. The summed E-state index contributed by atoms with van der Waals surface area (Å²) < 4.78 is 5.98. The molecule has 0 radical (unpaired) electrons. The lowest BCUT2D eigenvalue weighted by atomic mass is 10.1. The van der Waals surface area contributed by atoms with Gasteiger partial charge in [0.2, 0.25) is 0 Å². The molecule has 0 aliphatic carbocycles. The van der Waals surface area contributed by atoms with Crippen LogP contribution >= 0.6 is 23.5 Å². The molecule has 1 heterocycles. The van der Waals surface area contributed by atoms with Crippen molar-refractivity contribution in [3.63, 3.8) is 0 Å². The summed E-state index contributed by atoms with van der Waals surface area (Å²) in [4.78, 5) is 24.1. The van der Waals surface area contributed by atoms with Gasteiger partial charge in [0.05, 0.1) is 16.4 Å². The molecule has 32 heavy (non-hydrogen) atoms.